The van der Waals surface area contributed by atoms with Crippen molar-refractivity contribution in [3.05, 3.63) is 40.3 Å². The fourth-order valence-electron chi connectivity index (χ4n) is 2.81. The van der Waals surface area contributed by atoms with Crippen LogP contribution in [0.15, 0.2) is 28.8 Å². The lowest BCUT2D eigenvalue weighted by molar-refractivity contribution is -0.134. The van der Waals surface area contributed by atoms with Crippen LogP contribution in [0.2, 0.25) is 10.0 Å². The summed E-state index contributed by atoms with van der Waals surface area (Å²) in [6.07, 6.45) is 2.49. The Morgan fingerprint density at radius 2 is 2.15 bits per heavy atom. The number of oxazole rings is 1. The molecule has 5 nitrogen and oxygen atoms in total. The number of carbonyl (C=O) groups excluding carboxylic acids is 1. The highest BCUT2D eigenvalue weighted by Gasteiger charge is 2.23. The van der Waals surface area contributed by atoms with Gasteiger partial charge in [-0.05, 0) is 25.1 Å². The van der Waals surface area contributed by atoms with Gasteiger partial charge in [-0.25, -0.2) is 4.98 Å². The molecule has 1 unspecified atom stereocenters. The highest BCUT2D eigenvalue weighted by atomic mass is 35.5. The molecule has 0 saturated carbocycles. The summed E-state index contributed by atoms with van der Waals surface area (Å²) in [6, 6.07) is 5.43. The number of aromatic nitrogens is 1. The molecule has 144 valence electrons. The van der Waals surface area contributed by atoms with Gasteiger partial charge in [0.2, 0.25) is 5.91 Å². The van der Waals surface area contributed by atoms with Crippen LogP contribution in [0.4, 0.5) is 0 Å². The molecule has 1 aromatic heterocycles. The van der Waals surface area contributed by atoms with Crippen molar-refractivity contribution in [1.82, 2.24) is 15.2 Å². The Kier molecular flexibility index (Phi) is 9.21. The Bertz CT molecular complexity index is 739. The number of aryl methyl sites for hydroxylation is 1. The van der Waals surface area contributed by atoms with E-state index in [1.165, 1.54) is 0 Å². The minimum absolute atomic E-state index is 0. The lowest BCUT2D eigenvalue weighted by Crippen LogP contribution is -2.52. The van der Waals surface area contributed by atoms with Crippen molar-refractivity contribution in [2.45, 2.75) is 25.8 Å². The second kappa shape index (κ2) is 10.4. The van der Waals surface area contributed by atoms with Crippen molar-refractivity contribution in [3.63, 3.8) is 0 Å². The Morgan fingerprint density at radius 1 is 1.38 bits per heavy atom. The van der Waals surface area contributed by atoms with E-state index in [-0.39, 0.29) is 36.8 Å². The van der Waals surface area contributed by atoms with Crippen molar-refractivity contribution in [2.75, 3.05) is 19.6 Å². The van der Waals surface area contributed by atoms with Crippen LogP contribution in [0.5, 0.6) is 0 Å². The SMILES string of the molecule is CC1CNCCN1C(=O)CCc1ncc(-c2ccc(Cl)cc2Cl)o1.Cl.Cl. The van der Waals surface area contributed by atoms with E-state index in [0.717, 1.165) is 25.2 Å². The van der Waals surface area contributed by atoms with E-state index in [0.29, 0.717) is 34.5 Å². The highest BCUT2D eigenvalue weighted by molar-refractivity contribution is 6.36. The highest BCUT2D eigenvalue weighted by Crippen LogP contribution is 2.30. The quantitative estimate of drug-likeness (QED) is 0.772. The van der Waals surface area contributed by atoms with Crippen LogP contribution >= 0.6 is 48.0 Å². The molecule has 0 bridgehead atoms. The molecule has 1 aromatic carbocycles. The van der Waals surface area contributed by atoms with Crippen LogP contribution in [0, 0.1) is 0 Å². The van der Waals surface area contributed by atoms with E-state index in [1.807, 2.05) is 4.90 Å². The smallest absolute Gasteiger partial charge is 0.223 e. The summed E-state index contributed by atoms with van der Waals surface area (Å²) in [5, 5.41) is 4.36. The van der Waals surface area contributed by atoms with E-state index in [1.54, 1.807) is 24.4 Å². The molecule has 1 N–H and O–H groups in total. The predicted molar refractivity (Wildman–Crippen MR) is 109 cm³/mol. The normalized spacial score (nSPS) is 16.6. The summed E-state index contributed by atoms with van der Waals surface area (Å²) in [7, 11) is 0. The molecule has 0 spiro atoms. The molecule has 3 rings (SSSR count). The Labute approximate surface area is 175 Å². The Morgan fingerprint density at radius 3 is 2.85 bits per heavy atom. The number of hydrogen-bond acceptors (Lipinski definition) is 4. The number of halogens is 4. The third-order valence-electron chi connectivity index (χ3n) is 4.12. The van der Waals surface area contributed by atoms with Gasteiger partial charge in [-0.3, -0.25) is 4.79 Å². The molecule has 9 heteroatoms. The minimum Gasteiger partial charge on any atom is -0.441 e. The first-order valence-electron chi connectivity index (χ1n) is 7.95. The number of nitrogens with one attached hydrogen (secondary N) is 1. The number of rotatable bonds is 4. The van der Waals surface area contributed by atoms with Gasteiger partial charge in [0.25, 0.3) is 0 Å². The first kappa shape index (κ1) is 23.1. The summed E-state index contributed by atoms with van der Waals surface area (Å²) in [6.45, 7) is 4.48. The summed E-state index contributed by atoms with van der Waals surface area (Å²) >= 11 is 12.1. The van der Waals surface area contributed by atoms with Gasteiger partial charge in [0.15, 0.2) is 11.7 Å². The van der Waals surface area contributed by atoms with E-state index in [9.17, 15) is 4.79 Å². The lowest BCUT2D eigenvalue weighted by atomic mass is 10.2. The maximum Gasteiger partial charge on any atom is 0.223 e. The van der Waals surface area contributed by atoms with Crippen molar-refractivity contribution in [1.29, 1.82) is 0 Å². The number of piperazine rings is 1. The first-order chi connectivity index (χ1) is 11.5. The third-order valence-corrected chi connectivity index (χ3v) is 4.67. The molecule has 0 aliphatic carbocycles. The topological polar surface area (TPSA) is 58.4 Å². The van der Waals surface area contributed by atoms with Crippen LogP contribution in [0.1, 0.15) is 19.2 Å². The standard InChI is InChI=1S/C17H19Cl2N3O2.2ClH/c1-11-9-20-6-7-22(11)17(23)5-4-16-21-10-15(24-16)13-3-2-12(18)8-14(13)19;;/h2-3,8,10-11,20H,4-7,9H2,1H3;2*1H. The summed E-state index contributed by atoms with van der Waals surface area (Å²) in [5.41, 5.74) is 0.738. The van der Waals surface area contributed by atoms with Gasteiger partial charge in [-0.2, -0.15) is 0 Å². The predicted octanol–water partition coefficient (Wildman–Crippen LogP) is 4.24. The zero-order valence-electron chi connectivity index (χ0n) is 14.2. The number of amides is 1. The summed E-state index contributed by atoms with van der Waals surface area (Å²) in [5.74, 6) is 1.25. The van der Waals surface area contributed by atoms with Crippen molar-refractivity contribution < 1.29 is 9.21 Å². The van der Waals surface area contributed by atoms with Crippen LogP contribution in [-0.2, 0) is 11.2 Å². The minimum atomic E-state index is 0. The van der Waals surface area contributed by atoms with Crippen LogP contribution in [0.25, 0.3) is 11.3 Å². The van der Waals surface area contributed by atoms with E-state index in [2.05, 4.69) is 17.2 Å². The zero-order valence-corrected chi connectivity index (χ0v) is 17.4. The molecule has 0 radical (unpaired) electrons. The second-order valence-corrected chi connectivity index (χ2v) is 6.73. The molecule has 1 amide bonds. The number of hydrogen-bond donors (Lipinski definition) is 1. The van der Waals surface area contributed by atoms with Crippen molar-refractivity contribution in [3.8, 4) is 11.3 Å². The molecular weight excluding hydrogens is 420 g/mol. The largest absolute Gasteiger partial charge is 0.441 e. The molecular formula is C17H21Cl4N3O2. The fourth-order valence-corrected chi connectivity index (χ4v) is 3.31. The zero-order chi connectivity index (χ0) is 17.1. The van der Waals surface area contributed by atoms with Gasteiger partial charge in [0, 0.05) is 49.1 Å². The molecule has 26 heavy (non-hydrogen) atoms. The Balaban J connectivity index is 0.00000169. The Hall–Kier alpha value is -0.980. The monoisotopic (exact) mass is 439 g/mol. The number of carbonyl (C=O) groups is 1. The van der Waals surface area contributed by atoms with E-state index >= 15 is 0 Å². The molecule has 1 aliphatic heterocycles. The molecule has 2 heterocycles. The number of nitrogens with zero attached hydrogens (tertiary/aromatic N) is 2. The van der Waals surface area contributed by atoms with Gasteiger partial charge in [-0.15, -0.1) is 24.8 Å². The third kappa shape index (κ3) is 5.51. The van der Waals surface area contributed by atoms with Gasteiger partial charge in [0.05, 0.1) is 11.2 Å². The molecule has 1 fully saturated rings. The van der Waals surface area contributed by atoms with E-state index in [4.69, 9.17) is 27.6 Å². The second-order valence-electron chi connectivity index (χ2n) is 5.88. The van der Waals surface area contributed by atoms with Crippen LogP contribution in [-0.4, -0.2) is 41.5 Å². The molecule has 2 aromatic rings. The first-order valence-corrected chi connectivity index (χ1v) is 8.70. The van der Waals surface area contributed by atoms with Gasteiger partial charge in [-0.1, -0.05) is 23.2 Å². The van der Waals surface area contributed by atoms with Gasteiger partial charge in [0.1, 0.15) is 0 Å². The average molecular weight is 441 g/mol. The van der Waals surface area contributed by atoms with Crippen LogP contribution in [0.3, 0.4) is 0 Å². The van der Waals surface area contributed by atoms with Crippen LogP contribution < -0.4 is 5.32 Å². The summed E-state index contributed by atoms with van der Waals surface area (Å²) in [4.78, 5) is 18.5. The molecule has 1 aliphatic rings. The average Bonchev–Trinajstić information content (AvgIpc) is 3.01. The molecule has 1 saturated heterocycles. The van der Waals surface area contributed by atoms with Gasteiger partial charge < -0.3 is 14.6 Å². The van der Waals surface area contributed by atoms with Crippen molar-refractivity contribution in [2.24, 2.45) is 0 Å². The summed E-state index contributed by atoms with van der Waals surface area (Å²) < 4.78 is 5.73. The molecule has 1 atom stereocenters. The lowest BCUT2D eigenvalue weighted by Gasteiger charge is -2.34. The maximum absolute atomic E-state index is 12.3. The maximum atomic E-state index is 12.3. The number of benzene rings is 1. The fraction of sp³-hybridized carbons (Fsp3) is 0.412. The van der Waals surface area contributed by atoms with E-state index < -0.39 is 0 Å². The van der Waals surface area contributed by atoms with Gasteiger partial charge >= 0.3 is 0 Å². The van der Waals surface area contributed by atoms with Crippen molar-refractivity contribution >= 4 is 53.9 Å².